The van der Waals surface area contributed by atoms with Gasteiger partial charge < -0.3 is 14.2 Å². The maximum absolute atomic E-state index is 6.31. The average Bonchev–Trinajstić information content (AvgIpc) is 2.98. The molecule has 2 aromatic rings. The van der Waals surface area contributed by atoms with Crippen molar-refractivity contribution < 1.29 is 14.2 Å². The van der Waals surface area contributed by atoms with Crippen LogP contribution in [-0.4, -0.2) is 24.4 Å². The molecule has 0 aliphatic carbocycles. The molecule has 3 heteroatoms. The van der Waals surface area contributed by atoms with Crippen LogP contribution in [0.5, 0.6) is 0 Å². The molecular formula is C23H28O3. The first-order valence-corrected chi connectivity index (χ1v) is 9.24. The minimum Gasteiger partial charge on any atom is -0.374 e. The van der Waals surface area contributed by atoms with E-state index in [2.05, 4.69) is 37.8 Å². The van der Waals surface area contributed by atoms with Crippen molar-refractivity contribution in [3.63, 3.8) is 0 Å². The first-order chi connectivity index (χ1) is 12.7. The molecule has 0 saturated carbocycles. The Morgan fingerprint density at radius 2 is 1.65 bits per heavy atom. The maximum atomic E-state index is 6.31. The molecule has 1 saturated heterocycles. The zero-order chi connectivity index (χ0) is 18.2. The minimum atomic E-state index is -0.232. The van der Waals surface area contributed by atoms with Gasteiger partial charge in [0.25, 0.3) is 0 Å². The van der Waals surface area contributed by atoms with E-state index in [4.69, 9.17) is 14.2 Å². The summed E-state index contributed by atoms with van der Waals surface area (Å²) in [5, 5.41) is 0. The van der Waals surface area contributed by atoms with Gasteiger partial charge in [-0.1, -0.05) is 66.7 Å². The Labute approximate surface area is 156 Å². The molecular weight excluding hydrogens is 324 g/mol. The fourth-order valence-electron chi connectivity index (χ4n) is 3.44. The summed E-state index contributed by atoms with van der Waals surface area (Å²) in [5.74, 6) is 0. The van der Waals surface area contributed by atoms with Crippen molar-refractivity contribution in [2.75, 3.05) is 6.61 Å². The van der Waals surface area contributed by atoms with Gasteiger partial charge in [0.2, 0.25) is 0 Å². The molecule has 26 heavy (non-hydrogen) atoms. The molecule has 3 atom stereocenters. The van der Waals surface area contributed by atoms with Gasteiger partial charge in [0, 0.05) is 6.42 Å². The number of benzene rings is 2. The summed E-state index contributed by atoms with van der Waals surface area (Å²) < 4.78 is 18.4. The molecule has 0 spiro atoms. The lowest BCUT2D eigenvalue weighted by Crippen LogP contribution is -2.29. The second-order valence-electron chi connectivity index (χ2n) is 7.14. The van der Waals surface area contributed by atoms with Crippen LogP contribution in [0.15, 0.2) is 73.3 Å². The van der Waals surface area contributed by atoms with E-state index >= 15 is 0 Å². The molecule has 1 aliphatic heterocycles. The first-order valence-electron chi connectivity index (χ1n) is 9.24. The van der Waals surface area contributed by atoms with E-state index in [0.29, 0.717) is 19.8 Å². The Balaban J connectivity index is 1.57. The van der Waals surface area contributed by atoms with Crippen LogP contribution in [0.25, 0.3) is 0 Å². The Bertz CT molecular complexity index is 670. The van der Waals surface area contributed by atoms with Crippen molar-refractivity contribution in [3.05, 3.63) is 84.4 Å². The highest BCUT2D eigenvalue weighted by molar-refractivity contribution is 5.14. The van der Waals surface area contributed by atoms with Crippen LogP contribution in [0.4, 0.5) is 0 Å². The van der Waals surface area contributed by atoms with Gasteiger partial charge >= 0.3 is 0 Å². The van der Waals surface area contributed by atoms with Gasteiger partial charge in [-0.25, -0.2) is 0 Å². The second-order valence-corrected chi connectivity index (χ2v) is 7.14. The Hall–Kier alpha value is -1.94. The second kappa shape index (κ2) is 9.13. The Morgan fingerprint density at radius 3 is 2.27 bits per heavy atom. The van der Waals surface area contributed by atoms with Crippen molar-refractivity contribution in [1.29, 1.82) is 0 Å². The summed E-state index contributed by atoms with van der Waals surface area (Å²) >= 11 is 0. The van der Waals surface area contributed by atoms with Crippen molar-refractivity contribution in [2.45, 2.75) is 50.8 Å². The number of rotatable bonds is 9. The molecule has 0 aromatic heterocycles. The van der Waals surface area contributed by atoms with Gasteiger partial charge in [-0.3, -0.25) is 0 Å². The lowest BCUT2D eigenvalue weighted by Gasteiger charge is -2.22. The molecule has 138 valence electrons. The summed E-state index contributed by atoms with van der Waals surface area (Å²) in [6, 6.07) is 20.5. The Morgan fingerprint density at radius 1 is 1.04 bits per heavy atom. The molecule has 0 N–H and O–H groups in total. The number of ether oxygens (including phenoxy) is 3. The highest BCUT2D eigenvalue weighted by Crippen LogP contribution is 2.36. The fraction of sp³-hybridized carbons (Fsp3) is 0.391. The molecule has 1 fully saturated rings. The van der Waals surface area contributed by atoms with Crippen molar-refractivity contribution in [2.24, 2.45) is 0 Å². The van der Waals surface area contributed by atoms with Crippen LogP contribution in [0, 0.1) is 0 Å². The first kappa shape index (κ1) is 18.8. The minimum absolute atomic E-state index is 0.0240. The lowest BCUT2D eigenvalue weighted by atomic mass is 9.96. The van der Waals surface area contributed by atoms with E-state index in [1.54, 1.807) is 0 Å². The molecule has 1 aliphatic rings. The van der Waals surface area contributed by atoms with Gasteiger partial charge in [-0.2, -0.15) is 0 Å². The van der Waals surface area contributed by atoms with Crippen LogP contribution in [0.1, 0.15) is 30.9 Å². The number of hydrogen-bond acceptors (Lipinski definition) is 3. The van der Waals surface area contributed by atoms with E-state index in [0.717, 1.165) is 12.8 Å². The predicted molar refractivity (Wildman–Crippen MR) is 104 cm³/mol. The SMILES string of the molecule is C=CC[C@]1(C)C[C@H](OCc2ccccc2)[C@H](COCc2ccccc2)O1. The zero-order valence-corrected chi connectivity index (χ0v) is 15.5. The van der Waals surface area contributed by atoms with E-state index in [-0.39, 0.29) is 17.8 Å². The van der Waals surface area contributed by atoms with Crippen LogP contribution in [-0.2, 0) is 27.4 Å². The maximum Gasteiger partial charge on any atom is 0.108 e. The van der Waals surface area contributed by atoms with E-state index in [9.17, 15) is 0 Å². The van der Waals surface area contributed by atoms with E-state index in [1.165, 1.54) is 11.1 Å². The quantitative estimate of drug-likeness (QED) is 0.600. The lowest BCUT2D eigenvalue weighted by molar-refractivity contribution is -0.0926. The fourth-order valence-corrected chi connectivity index (χ4v) is 3.44. The molecule has 0 radical (unpaired) electrons. The molecule has 2 aromatic carbocycles. The van der Waals surface area contributed by atoms with E-state index in [1.807, 2.05) is 42.5 Å². The molecule has 0 amide bonds. The monoisotopic (exact) mass is 352 g/mol. The van der Waals surface area contributed by atoms with Gasteiger partial charge in [0.1, 0.15) is 6.10 Å². The van der Waals surface area contributed by atoms with Crippen molar-refractivity contribution in [1.82, 2.24) is 0 Å². The Kier molecular flexibility index (Phi) is 6.62. The molecule has 3 nitrogen and oxygen atoms in total. The summed E-state index contributed by atoms with van der Waals surface area (Å²) in [4.78, 5) is 0. The normalized spacial score (nSPS) is 25.3. The van der Waals surface area contributed by atoms with Crippen molar-refractivity contribution >= 4 is 0 Å². The van der Waals surface area contributed by atoms with Gasteiger partial charge in [-0.05, 0) is 24.5 Å². The largest absolute Gasteiger partial charge is 0.374 e. The summed E-state index contributed by atoms with van der Waals surface area (Å²) in [5.41, 5.74) is 2.11. The van der Waals surface area contributed by atoms with Crippen LogP contribution < -0.4 is 0 Å². The summed E-state index contributed by atoms with van der Waals surface area (Å²) in [7, 11) is 0. The van der Waals surface area contributed by atoms with Gasteiger partial charge in [-0.15, -0.1) is 6.58 Å². The van der Waals surface area contributed by atoms with Gasteiger partial charge in [0.05, 0.1) is 31.5 Å². The smallest absolute Gasteiger partial charge is 0.108 e. The zero-order valence-electron chi connectivity index (χ0n) is 15.5. The van der Waals surface area contributed by atoms with Crippen molar-refractivity contribution in [3.8, 4) is 0 Å². The molecule has 0 unspecified atom stereocenters. The third kappa shape index (κ3) is 5.28. The highest BCUT2D eigenvalue weighted by Gasteiger charge is 2.43. The van der Waals surface area contributed by atoms with Crippen LogP contribution >= 0.6 is 0 Å². The van der Waals surface area contributed by atoms with Crippen LogP contribution in [0.3, 0.4) is 0 Å². The third-order valence-electron chi connectivity index (χ3n) is 4.76. The van der Waals surface area contributed by atoms with Crippen LogP contribution in [0.2, 0.25) is 0 Å². The molecule has 0 bridgehead atoms. The van der Waals surface area contributed by atoms with Gasteiger partial charge in [0.15, 0.2) is 0 Å². The average molecular weight is 352 g/mol. The number of hydrogen-bond donors (Lipinski definition) is 0. The van der Waals surface area contributed by atoms with E-state index < -0.39 is 0 Å². The third-order valence-corrected chi connectivity index (χ3v) is 4.76. The molecule has 3 rings (SSSR count). The highest BCUT2D eigenvalue weighted by atomic mass is 16.6. The summed E-state index contributed by atoms with van der Waals surface area (Å²) in [6.45, 7) is 7.70. The topological polar surface area (TPSA) is 27.7 Å². The predicted octanol–water partition coefficient (Wildman–Crippen LogP) is 4.91. The molecule has 1 heterocycles. The summed E-state index contributed by atoms with van der Waals surface area (Å²) in [6.07, 6.45) is 3.54. The standard InChI is InChI=1S/C23H28O3/c1-3-14-23(2)15-21(25-17-20-12-8-5-9-13-20)22(26-23)18-24-16-19-10-6-4-7-11-19/h3-13,21-22H,1,14-18H2,2H3/t21-,22-,23+/m0/s1.